The number of aliphatic hydroxyl groups excluding tert-OH is 1. The summed E-state index contributed by atoms with van der Waals surface area (Å²) in [5.74, 6) is 0.727. The van der Waals surface area contributed by atoms with Crippen LogP contribution in [0.15, 0.2) is 48.5 Å². The van der Waals surface area contributed by atoms with Crippen molar-refractivity contribution < 1.29 is 9.84 Å². The highest BCUT2D eigenvalue weighted by atomic mass is 16.5. The van der Waals surface area contributed by atoms with Gasteiger partial charge in [-0.3, -0.25) is 0 Å². The van der Waals surface area contributed by atoms with Crippen molar-refractivity contribution in [3.8, 4) is 11.8 Å². The number of hydrogen-bond donors (Lipinski definition) is 1. The lowest BCUT2D eigenvalue weighted by atomic mass is 10.1. The van der Waals surface area contributed by atoms with Crippen LogP contribution in [0.3, 0.4) is 0 Å². The zero-order valence-corrected chi connectivity index (χ0v) is 11.4. The summed E-state index contributed by atoms with van der Waals surface area (Å²) >= 11 is 0. The average molecular weight is 267 g/mol. The van der Waals surface area contributed by atoms with Gasteiger partial charge in [0.25, 0.3) is 0 Å². The summed E-state index contributed by atoms with van der Waals surface area (Å²) in [5, 5.41) is 18.7. The number of rotatable bonds is 5. The van der Waals surface area contributed by atoms with Gasteiger partial charge in [0.05, 0.1) is 17.7 Å². The van der Waals surface area contributed by atoms with Crippen molar-refractivity contribution in [2.75, 3.05) is 0 Å². The summed E-state index contributed by atoms with van der Waals surface area (Å²) in [7, 11) is 0. The largest absolute Gasteiger partial charge is 0.489 e. The third-order valence-electron chi connectivity index (χ3n) is 3.18. The van der Waals surface area contributed by atoms with Gasteiger partial charge in [0, 0.05) is 5.56 Å². The van der Waals surface area contributed by atoms with Gasteiger partial charge in [-0.05, 0) is 30.2 Å². The van der Waals surface area contributed by atoms with E-state index in [2.05, 4.69) is 6.07 Å². The van der Waals surface area contributed by atoms with Crippen LogP contribution in [0.4, 0.5) is 0 Å². The van der Waals surface area contributed by atoms with Crippen molar-refractivity contribution in [3.05, 3.63) is 65.2 Å². The lowest BCUT2D eigenvalue weighted by molar-refractivity contribution is 0.173. The SMILES string of the molecule is CC[C@H](O)c1ccc(OCc2ccccc2C#N)cc1. The molecule has 0 fully saturated rings. The molecule has 0 saturated heterocycles. The Labute approximate surface area is 119 Å². The van der Waals surface area contributed by atoms with Crippen LogP contribution in [0.1, 0.15) is 36.1 Å². The second-order valence-electron chi connectivity index (χ2n) is 4.55. The van der Waals surface area contributed by atoms with Crippen molar-refractivity contribution in [3.63, 3.8) is 0 Å². The Morgan fingerprint density at radius 2 is 1.85 bits per heavy atom. The van der Waals surface area contributed by atoms with Crippen molar-refractivity contribution >= 4 is 0 Å². The molecule has 0 unspecified atom stereocenters. The van der Waals surface area contributed by atoms with Crippen LogP contribution in [0.25, 0.3) is 0 Å². The highest BCUT2D eigenvalue weighted by Gasteiger charge is 2.05. The molecular weight excluding hydrogens is 250 g/mol. The lowest BCUT2D eigenvalue weighted by Crippen LogP contribution is -1.99. The second-order valence-corrected chi connectivity index (χ2v) is 4.55. The van der Waals surface area contributed by atoms with Gasteiger partial charge in [0.2, 0.25) is 0 Å². The Balaban J connectivity index is 2.03. The smallest absolute Gasteiger partial charge is 0.119 e. The molecule has 0 spiro atoms. The van der Waals surface area contributed by atoms with Crippen molar-refractivity contribution in [2.24, 2.45) is 0 Å². The molecule has 0 heterocycles. The van der Waals surface area contributed by atoms with Gasteiger partial charge in [0.1, 0.15) is 12.4 Å². The molecule has 20 heavy (non-hydrogen) atoms. The fourth-order valence-electron chi connectivity index (χ4n) is 1.94. The number of hydrogen-bond acceptors (Lipinski definition) is 3. The van der Waals surface area contributed by atoms with Crippen LogP contribution in [0.5, 0.6) is 5.75 Å². The highest BCUT2D eigenvalue weighted by molar-refractivity contribution is 5.37. The summed E-state index contributed by atoms with van der Waals surface area (Å²) in [6.45, 7) is 2.30. The van der Waals surface area contributed by atoms with E-state index in [0.717, 1.165) is 16.9 Å². The Bertz CT molecular complexity index is 599. The molecule has 0 aliphatic carbocycles. The van der Waals surface area contributed by atoms with E-state index in [4.69, 9.17) is 10.00 Å². The van der Waals surface area contributed by atoms with Crippen LogP contribution in [0, 0.1) is 11.3 Å². The predicted octanol–water partition coefficient (Wildman–Crippen LogP) is 3.58. The molecule has 3 nitrogen and oxygen atoms in total. The average Bonchev–Trinajstić information content (AvgIpc) is 2.53. The first-order valence-electron chi connectivity index (χ1n) is 6.63. The summed E-state index contributed by atoms with van der Waals surface area (Å²) < 4.78 is 5.67. The van der Waals surface area contributed by atoms with Gasteiger partial charge in [-0.2, -0.15) is 5.26 Å². The fraction of sp³-hybridized carbons (Fsp3) is 0.235. The molecule has 0 aliphatic rings. The maximum absolute atomic E-state index is 9.72. The zero-order chi connectivity index (χ0) is 14.4. The van der Waals surface area contributed by atoms with Crippen LogP contribution >= 0.6 is 0 Å². The summed E-state index contributed by atoms with van der Waals surface area (Å²) in [5.41, 5.74) is 2.38. The van der Waals surface area contributed by atoms with E-state index >= 15 is 0 Å². The molecule has 0 saturated carbocycles. The molecule has 3 heteroatoms. The third-order valence-corrected chi connectivity index (χ3v) is 3.18. The Morgan fingerprint density at radius 3 is 2.50 bits per heavy atom. The van der Waals surface area contributed by atoms with Gasteiger partial charge in [-0.15, -0.1) is 0 Å². The van der Waals surface area contributed by atoms with E-state index in [1.807, 2.05) is 49.4 Å². The van der Waals surface area contributed by atoms with Gasteiger partial charge in [0.15, 0.2) is 0 Å². The third kappa shape index (κ3) is 3.37. The molecule has 1 N–H and O–H groups in total. The van der Waals surface area contributed by atoms with E-state index in [1.54, 1.807) is 6.07 Å². The van der Waals surface area contributed by atoms with Crippen LogP contribution in [-0.2, 0) is 6.61 Å². The number of aliphatic hydroxyl groups is 1. The quantitative estimate of drug-likeness (QED) is 0.900. The van der Waals surface area contributed by atoms with E-state index in [9.17, 15) is 5.11 Å². The molecule has 2 aromatic carbocycles. The van der Waals surface area contributed by atoms with Crippen LogP contribution in [0.2, 0.25) is 0 Å². The van der Waals surface area contributed by atoms with Gasteiger partial charge < -0.3 is 9.84 Å². The maximum atomic E-state index is 9.72. The number of benzene rings is 2. The molecule has 2 aromatic rings. The zero-order valence-electron chi connectivity index (χ0n) is 11.4. The van der Waals surface area contributed by atoms with Crippen molar-refractivity contribution in [1.29, 1.82) is 5.26 Å². The molecule has 0 aromatic heterocycles. The molecule has 0 aliphatic heterocycles. The Morgan fingerprint density at radius 1 is 1.15 bits per heavy atom. The van der Waals surface area contributed by atoms with Gasteiger partial charge in [-0.1, -0.05) is 37.3 Å². The van der Waals surface area contributed by atoms with E-state index in [0.29, 0.717) is 18.6 Å². The number of ether oxygens (including phenoxy) is 1. The topological polar surface area (TPSA) is 53.2 Å². The molecule has 0 bridgehead atoms. The first-order chi connectivity index (χ1) is 9.74. The molecule has 102 valence electrons. The summed E-state index contributed by atoms with van der Waals surface area (Å²) in [6, 6.07) is 16.9. The Kier molecular flexibility index (Phi) is 4.75. The molecule has 2 rings (SSSR count). The highest BCUT2D eigenvalue weighted by Crippen LogP contribution is 2.21. The maximum Gasteiger partial charge on any atom is 0.119 e. The van der Waals surface area contributed by atoms with Gasteiger partial charge >= 0.3 is 0 Å². The standard InChI is InChI=1S/C17H17NO2/c1-2-17(19)13-7-9-16(10-8-13)20-12-15-6-4-3-5-14(15)11-18/h3-10,17,19H,2,12H2,1H3/t17-/m0/s1. The van der Waals surface area contributed by atoms with E-state index < -0.39 is 6.10 Å². The fourth-order valence-corrected chi connectivity index (χ4v) is 1.94. The Hall–Kier alpha value is -2.31. The second kappa shape index (κ2) is 6.74. The van der Waals surface area contributed by atoms with Gasteiger partial charge in [-0.25, -0.2) is 0 Å². The summed E-state index contributed by atoms with van der Waals surface area (Å²) in [4.78, 5) is 0. The first kappa shape index (κ1) is 14.1. The molecule has 1 atom stereocenters. The number of nitrogens with zero attached hydrogens (tertiary/aromatic N) is 1. The minimum atomic E-state index is -0.427. The normalized spacial score (nSPS) is 11.7. The minimum Gasteiger partial charge on any atom is -0.489 e. The predicted molar refractivity (Wildman–Crippen MR) is 77.2 cm³/mol. The summed E-state index contributed by atoms with van der Waals surface area (Å²) in [6.07, 6.45) is 0.263. The molecule has 0 amide bonds. The first-order valence-corrected chi connectivity index (χ1v) is 6.63. The molecule has 0 radical (unpaired) electrons. The lowest BCUT2D eigenvalue weighted by Gasteiger charge is -2.10. The number of nitriles is 1. The van der Waals surface area contributed by atoms with Crippen LogP contribution < -0.4 is 4.74 Å². The van der Waals surface area contributed by atoms with Crippen LogP contribution in [-0.4, -0.2) is 5.11 Å². The van der Waals surface area contributed by atoms with Crippen molar-refractivity contribution in [1.82, 2.24) is 0 Å². The monoisotopic (exact) mass is 267 g/mol. The van der Waals surface area contributed by atoms with Crippen molar-refractivity contribution in [2.45, 2.75) is 26.1 Å². The molecular formula is C17H17NO2. The minimum absolute atomic E-state index is 0.361. The van der Waals surface area contributed by atoms with E-state index in [-0.39, 0.29) is 0 Å². The van der Waals surface area contributed by atoms with E-state index in [1.165, 1.54) is 0 Å².